The molecule has 0 aliphatic rings. The summed E-state index contributed by atoms with van der Waals surface area (Å²) in [6.45, 7) is 0. The Kier molecular flexibility index (Phi) is 9.41. The number of benzene rings is 5. The summed E-state index contributed by atoms with van der Waals surface area (Å²) < 4.78 is 2.08. The summed E-state index contributed by atoms with van der Waals surface area (Å²) in [5.41, 5.74) is 6.30. The number of thiol groups is 1. The molecule has 6 aromatic rings. The molecule has 1 atom stereocenters. The highest BCUT2D eigenvalue weighted by Gasteiger charge is 2.32. The van der Waals surface area contributed by atoms with E-state index in [1.807, 2.05) is 6.20 Å². The maximum atomic E-state index is 5.45. The topological polar surface area (TPSA) is 17.8 Å². The lowest BCUT2D eigenvalue weighted by molar-refractivity contribution is 0.707. The van der Waals surface area contributed by atoms with Gasteiger partial charge in [-0.05, 0) is 34.5 Å². The van der Waals surface area contributed by atoms with Gasteiger partial charge in [-0.15, -0.1) is 0 Å². The molecule has 1 heterocycles. The van der Waals surface area contributed by atoms with Crippen LogP contribution in [-0.2, 0) is 10.9 Å². The lowest BCUT2D eigenvalue weighted by Gasteiger charge is -2.32. The predicted octanol–water partition coefficient (Wildman–Crippen LogP) is 6.67. The summed E-state index contributed by atoms with van der Waals surface area (Å²) in [6.07, 6.45) is 6.14. The van der Waals surface area contributed by atoms with Crippen LogP contribution in [0.4, 0.5) is 0 Å². The van der Waals surface area contributed by atoms with E-state index in [2.05, 4.69) is 162 Å². The van der Waals surface area contributed by atoms with Crippen LogP contribution in [0.3, 0.4) is 0 Å². The number of aromatic nitrogens is 2. The van der Waals surface area contributed by atoms with Gasteiger partial charge in [0.05, 0.1) is 19.3 Å². The Labute approximate surface area is 263 Å². The molecule has 2 nitrogen and oxygen atoms in total. The summed E-state index contributed by atoms with van der Waals surface area (Å²) in [6, 6.07) is 55.6. The Balaban J connectivity index is 1.30. The Morgan fingerprint density at radius 1 is 0.651 bits per heavy atom. The van der Waals surface area contributed by atoms with E-state index in [0.29, 0.717) is 0 Å². The third-order valence-corrected chi connectivity index (χ3v) is 12.5. The van der Waals surface area contributed by atoms with Crippen molar-refractivity contribution in [1.82, 2.24) is 9.55 Å². The van der Waals surface area contributed by atoms with Crippen LogP contribution < -0.4 is 10.9 Å². The van der Waals surface area contributed by atoms with Crippen molar-refractivity contribution in [2.75, 3.05) is 0 Å². The fraction of sp³-hybridized carbons (Fsp3) is 0.132. The van der Waals surface area contributed by atoms with E-state index in [4.69, 9.17) is 17.6 Å². The van der Waals surface area contributed by atoms with Gasteiger partial charge in [0.2, 0.25) is 7.28 Å². The zero-order chi connectivity index (χ0) is 29.3. The molecule has 0 saturated heterocycles. The van der Waals surface area contributed by atoms with Crippen LogP contribution in [0.5, 0.6) is 0 Å². The monoisotopic (exact) mass is 592 g/mol. The van der Waals surface area contributed by atoms with Gasteiger partial charge in [0.15, 0.2) is 0 Å². The normalized spacial score (nSPS) is 12.2. The van der Waals surface area contributed by atoms with Crippen LogP contribution in [0.1, 0.15) is 34.5 Å². The van der Waals surface area contributed by atoms with E-state index in [-0.39, 0.29) is 10.6 Å². The van der Waals surface area contributed by atoms with E-state index < -0.39 is 8.80 Å². The van der Waals surface area contributed by atoms with Crippen molar-refractivity contribution < 1.29 is 0 Å². The molecule has 212 valence electrons. The smallest absolute Gasteiger partial charge is 0.217 e. The minimum absolute atomic E-state index is 0.252. The van der Waals surface area contributed by atoms with Crippen molar-refractivity contribution in [3.05, 3.63) is 186 Å². The minimum Gasteiger partial charge on any atom is -0.346 e. The second-order valence-electron chi connectivity index (χ2n) is 11.3. The first-order valence-electron chi connectivity index (χ1n) is 15.2. The van der Waals surface area contributed by atoms with Gasteiger partial charge in [-0.2, -0.15) is 12.6 Å². The van der Waals surface area contributed by atoms with Crippen molar-refractivity contribution in [3.63, 3.8) is 0 Å². The highest BCUT2D eigenvalue weighted by Crippen LogP contribution is 2.41. The van der Waals surface area contributed by atoms with Crippen LogP contribution >= 0.6 is 12.6 Å². The van der Waals surface area contributed by atoms with Crippen molar-refractivity contribution in [1.29, 1.82) is 0 Å². The molecule has 43 heavy (non-hydrogen) atoms. The third kappa shape index (κ3) is 6.96. The molecular formula is C38H37BN2SSi. The van der Waals surface area contributed by atoms with E-state index in [1.165, 1.54) is 27.4 Å². The molecule has 0 aliphatic carbocycles. The number of hydrogen-bond donors (Lipinski definition) is 1. The lowest BCUT2D eigenvalue weighted by Crippen LogP contribution is -2.41. The number of hydrogen-bond acceptors (Lipinski definition) is 2. The standard InChI is InChI=1S/C38H37BN2SSi/c42-38(33-20-10-3-11-21-33,34-22-12-4-13-23-34)26-29-43(35-24-14-5-15-25-35)30-41-28-27-40-37(41)39-36(31-16-6-1-7-17-31)32-18-8-2-9-19-32/h1-25,27-28,36,39,42-43H,26,29-30H2. The summed E-state index contributed by atoms with van der Waals surface area (Å²) in [7, 11) is -0.616. The van der Waals surface area contributed by atoms with Gasteiger partial charge < -0.3 is 4.57 Å². The van der Waals surface area contributed by atoms with Crippen molar-refractivity contribution >= 4 is 39.6 Å². The molecule has 0 fully saturated rings. The van der Waals surface area contributed by atoms with Crippen LogP contribution in [0.2, 0.25) is 6.04 Å². The first-order chi connectivity index (χ1) is 21.2. The minimum atomic E-state index is -1.48. The highest BCUT2D eigenvalue weighted by atomic mass is 32.1. The zero-order valence-electron chi connectivity index (χ0n) is 24.4. The Morgan fingerprint density at radius 2 is 1.12 bits per heavy atom. The molecule has 5 heteroatoms. The average Bonchev–Trinajstić information content (AvgIpc) is 3.53. The van der Waals surface area contributed by atoms with Gasteiger partial charge in [-0.3, -0.25) is 4.98 Å². The largest absolute Gasteiger partial charge is 0.346 e. The Bertz CT molecular complexity index is 1600. The Morgan fingerprint density at radius 3 is 1.63 bits per heavy atom. The SMILES string of the molecule is SC(CC[SiH](Cn1ccnc1BC(c1ccccc1)c1ccccc1)c1ccccc1)(c1ccccc1)c1ccccc1. The molecule has 0 N–H and O–H groups in total. The molecule has 1 aromatic heterocycles. The predicted molar refractivity (Wildman–Crippen MR) is 189 cm³/mol. The van der Waals surface area contributed by atoms with Crippen molar-refractivity contribution in [2.45, 2.75) is 29.2 Å². The maximum absolute atomic E-state index is 5.45. The molecule has 0 amide bonds. The molecule has 5 aromatic carbocycles. The molecule has 6 rings (SSSR count). The summed E-state index contributed by atoms with van der Waals surface area (Å²) >= 11 is 5.45. The molecule has 1 unspecified atom stereocenters. The van der Waals surface area contributed by atoms with Gasteiger partial charge in [-0.1, -0.05) is 163 Å². The van der Waals surface area contributed by atoms with Gasteiger partial charge >= 0.3 is 0 Å². The molecule has 0 radical (unpaired) electrons. The van der Waals surface area contributed by atoms with E-state index in [9.17, 15) is 0 Å². The summed E-state index contributed by atoms with van der Waals surface area (Å²) in [5.74, 6) is 0.252. The quantitative estimate of drug-likeness (QED) is 0.124. The fourth-order valence-electron chi connectivity index (χ4n) is 6.27. The average molecular weight is 593 g/mol. The van der Waals surface area contributed by atoms with Crippen molar-refractivity contribution in [3.8, 4) is 0 Å². The van der Waals surface area contributed by atoms with Crippen LogP contribution in [0, 0.1) is 0 Å². The second kappa shape index (κ2) is 13.9. The highest BCUT2D eigenvalue weighted by molar-refractivity contribution is 7.81. The van der Waals surface area contributed by atoms with Crippen LogP contribution in [-0.4, -0.2) is 25.6 Å². The van der Waals surface area contributed by atoms with Crippen molar-refractivity contribution in [2.24, 2.45) is 0 Å². The van der Waals surface area contributed by atoms with Crippen LogP contribution in [0.25, 0.3) is 0 Å². The maximum Gasteiger partial charge on any atom is 0.217 e. The number of nitrogens with zero attached hydrogens (tertiary/aromatic N) is 2. The van der Waals surface area contributed by atoms with Gasteiger partial charge in [-0.25, -0.2) is 0 Å². The molecular weight excluding hydrogens is 555 g/mol. The second-order valence-corrected chi connectivity index (χ2v) is 15.1. The molecule has 0 spiro atoms. The number of imidazole rings is 1. The lowest BCUT2D eigenvalue weighted by atomic mass is 9.58. The first-order valence-corrected chi connectivity index (χ1v) is 17.8. The third-order valence-electron chi connectivity index (χ3n) is 8.64. The summed E-state index contributed by atoms with van der Waals surface area (Å²) in [4.78, 5) is 4.93. The molecule has 0 aliphatic heterocycles. The van der Waals surface area contributed by atoms with Gasteiger partial charge in [0.25, 0.3) is 0 Å². The van der Waals surface area contributed by atoms with E-state index in [1.54, 1.807) is 0 Å². The Hall–Kier alpha value is -4.06. The fourth-order valence-corrected chi connectivity index (χ4v) is 10.0. The van der Waals surface area contributed by atoms with Crippen LogP contribution in [0.15, 0.2) is 164 Å². The zero-order valence-corrected chi connectivity index (χ0v) is 26.5. The van der Waals surface area contributed by atoms with Gasteiger partial charge in [0, 0.05) is 18.6 Å². The first kappa shape index (κ1) is 29.0. The van der Waals surface area contributed by atoms with E-state index in [0.717, 1.165) is 31.6 Å². The van der Waals surface area contributed by atoms with E-state index >= 15 is 0 Å². The number of rotatable bonds is 12. The molecule has 0 saturated carbocycles. The molecule has 0 bridgehead atoms. The van der Waals surface area contributed by atoms with Gasteiger partial charge in [0.1, 0.15) is 0 Å². The summed E-state index contributed by atoms with van der Waals surface area (Å²) in [5, 5.41) is 1.49.